The van der Waals surface area contributed by atoms with Crippen LogP contribution in [0.2, 0.25) is 0 Å². The number of carbonyl (C=O) groups is 2. The third-order valence-electron chi connectivity index (χ3n) is 2.69. The summed E-state index contributed by atoms with van der Waals surface area (Å²) in [5, 5.41) is 25.1. The van der Waals surface area contributed by atoms with Crippen molar-refractivity contribution in [2.24, 2.45) is 17.2 Å². The van der Waals surface area contributed by atoms with Crippen LogP contribution in [0.4, 0.5) is 0 Å². The van der Waals surface area contributed by atoms with E-state index in [9.17, 15) is 9.59 Å². The predicted octanol–water partition coefficient (Wildman–Crippen LogP) is -0.925. The van der Waals surface area contributed by atoms with Gasteiger partial charge in [-0.05, 0) is 45.2 Å². The molecule has 0 aromatic carbocycles. The molecular formula is C12H28N4O5. The standard InChI is InChI=1S/C6H14N2O3.C6H14N2O2/c7-4-2-1-3-5(8-11)6(9)10;7-4-2-1-3-5(8)6(9)10/h5,8,11H,1-4,7H2,(H,9,10);5H,1-4,7-8H2,(H,9,10). The lowest BCUT2D eigenvalue weighted by Crippen LogP contribution is -2.34. The van der Waals surface area contributed by atoms with E-state index in [1.54, 1.807) is 5.48 Å². The second kappa shape index (κ2) is 15.1. The highest BCUT2D eigenvalue weighted by atomic mass is 16.5. The van der Waals surface area contributed by atoms with Crippen molar-refractivity contribution in [3.05, 3.63) is 0 Å². The van der Waals surface area contributed by atoms with E-state index in [1.165, 1.54) is 0 Å². The number of nitrogens with one attached hydrogen (secondary N) is 1. The lowest BCUT2D eigenvalue weighted by molar-refractivity contribution is -0.142. The fourth-order valence-corrected chi connectivity index (χ4v) is 1.37. The lowest BCUT2D eigenvalue weighted by Gasteiger charge is -2.08. The molecule has 0 rings (SSSR count). The molecule has 0 bridgehead atoms. The monoisotopic (exact) mass is 308 g/mol. The highest BCUT2D eigenvalue weighted by Crippen LogP contribution is 1.99. The Balaban J connectivity index is 0. The zero-order valence-corrected chi connectivity index (χ0v) is 12.2. The maximum absolute atomic E-state index is 10.3. The first-order chi connectivity index (χ1) is 9.90. The molecule has 0 amide bonds. The van der Waals surface area contributed by atoms with Crippen LogP contribution < -0.4 is 22.7 Å². The molecule has 9 nitrogen and oxygen atoms in total. The van der Waals surface area contributed by atoms with Gasteiger partial charge in [0.25, 0.3) is 0 Å². The summed E-state index contributed by atoms with van der Waals surface area (Å²) in [5.41, 5.74) is 17.3. The number of nitrogens with two attached hydrogens (primary N) is 3. The average molecular weight is 308 g/mol. The van der Waals surface area contributed by atoms with Gasteiger partial charge in [-0.3, -0.25) is 9.59 Å². The molecule has 0 saturated heterocycles. The number of aliphatic carboxylic acids is 2. The minimum atomic E-state index is -1.04. The van der Waals surface area contributed by atoms with Crippen LogP contribution in [0.3, 0.4) is 0 Å². The van der Waals surface area contributed by atoms with E-state index in [2.05, 4.69) is 0 Å². The Bertz CT molecular complexity index is 278. The Labute approximate surface area is 124 Å². The van der Waals surface area contributed by atoms with Gasteiger partial charge in [0.15, 0.2) is 0 Å². The second-order valence-corrected chi connectivity index (χ2v) is 4.53. The summed E-state index contributed by atoms with van der Waals surface area (Å²) in [7, 11) is 0. The molecule has 0 aromatic heterocycles. The van der Waals surface area contributed by atoms with Crippen LogP contribution in [0.25, 0.3) is 0 Å². The largest absolute Gasteiger partial charge is 0.480 e. The lowest BCUT2D eigenvalue weighted by atomic mass is 10.1. The summed E-state index contributed by atoms with van der Waals surface area (Å²) in [6.45, 7) is 1.16. The maximum atomic E-state index is 10.3. The number of unbranched alkanes of at least 4 members (excludes halogenated alkanes) is 2. The van der Waals surface area contributed by atoms with Crippen LogP contribution in [0.15, 0.2) is 0 Å². The fourth-order valence-electron chi connectivity index (χ4n) is 1.37. The minimum Gasteiger partial charge on any atom is -0.480 e. The van der Waals surface area contributed by atoms with Gasteiger partial charge in [0, 0.05) is 0 Å². The molecule has 0 fully saturated rings. The van der Waals surface area contributed by atoms with Crippen molar-refractivity contribution in [2.75, 3.05) is 13.1 Å². The summed E-state index contributed by atoms with van der Waals surface area (Å²) in [6.07, 6.45) is 4.06. The first-order valence-electron chi connectivity index (χ1n) is 6.91. The van der Waals surface area contributed by atoms with Crippen molar-refractivity contribution in [3.63, 3.8) is 0 Å². The number of hydrogen-bond acceptors (Lipinski definition) is 7. The van der Waals surface area contributed by atoms with E-state index in [0.29, 0.717) is 32.4 Å². The van der Waals surface area contributed by atoms with E-state index in [0.717, 1.165) is 19.3 Å². The molecule has 0 saturated carbocycles. The molecule has 126 valence electrons. The SMILES string of the molecule is NCCCCC(N)C(=O)O.NCCCCC(NO)C(=O)O. The highest BCUT2D eigenvalue weighted by Gasteiger charge is 2.14. The zero-order valence-electron chi connectivity index (χ0n) is 12.2. The van der Waals surface area contributed by atoms with Crippen LogP contribution in [0, 0.1) is 0 Å². The summed E-state index contributed by atoms with van der Waals surface area (Å²) in [4.78, 5) is 20.4. The molecule has 0 aliphatic rings. The van der Waals surface area contributed by atoms with Crippen molar-refractivity contribution >= 4 is 11.9 Å². The summed E-state index contributed by atoms with van der Waals surface area (Å²) < 4.78 is 0. The van der Waals surface area contributed by atoms with Crippen molar-refractivity contribution in [1.29, 1.82) is 0 Å². The Morgan fingerprint density at radius 3 is 1.71 bits per heavy atom. The first kappa shape index (κ1) is 22.0. The van der Waals surface area contributed by atoms with Crippen LogP contribution >= 0.6 is 0 Å². The molecule has 0 radical (unpaired) electrons. The Morgan fingerprint density at radius 2 is 1.38 bits per heavy atom. The van der Waals surface area contributed by atoms with E-state index < -0.39 is 24.0 Å². The first-order valence-corrected chi connectivity index (χ1v) is 6.91. The van der Waals surface area contributed by atoms with Gasteiger partial charge in [-0.2, -0.15) is 5.48 Å². The van der Waals surface area contributed by atoms with E-state index >= 15 is 0 Å². The quantitative estimate of drug-likeness (QED) is 0.187. The van der Waals surface area contributed by atoms with Gasteiger partial charge in [-0.15, -0.1) is 0 Å². The average Bonchev–Trinajstić information content (AvgIpc) is 2.44. The molecule has 0 aliphatic carbocycles. The molecule has 21 heavy (non-hydrogen) atoms. The minimum absolute atomic E-state index is 0.406. The molecule has 2 unspecified atom stereocenters. The summed E-state index contributed by atoms with van der Waals surface area (Å²) >= 11 is 0. The Morgan fingerprint density at radius 1 is 0.905 bits per heavy atom. The van der Waals surface area contributed by atoms with Gasteiger partial charge in [0.2, 0.25) is 0 Å². The number of hydroxylamine groups is 1. The van der Waals surface area contributed by atoms with Gasteiger partial charge >= 0.3 is 11.9 Å². The van der Waals surface area contributed by atoms with Crippen LogP contribution in [0.5, 0.6) is 0 Å². The number of rotatable bonds is 11. The third-order valence-corrected chi connectivity index (χ3v) is 2.69. The third kappa shape index (κ3) is 15.0. The molecule has 0 aliphatic heterocycles. The van der Waals surface area contributed by atoms with Crippen LogP contribution in [-0.4, -0.2) is 52.5 Å². The molecule has 2 atom stereocenters. The Kier molecular flexibility index (Phi) is 15.9. The van der Waals surface area contributed by atoms with Crippen LogP contribution in [-0.2, 0) is 9.59 Å². The van der Waals surface area contributed by atoms with E-state index in [-0.39, 0.29) is 0 Å². The topological polar surface area (TPSA) is 185 Å². The van der Waals surface area contributed by atoms with Gasteiger partial charge < -0.3 is 32.6 Å². The number of carboxylic acid groups (broad SMARTS) is 2. The van der Waals surface area contributed by atoms with Crippen LogP contribution in [0.1, 0.15) is 38.5 Å². The highest BCUT2D eigenvalue weighted by molar-refractivity contribution is 5.73. The molecule has 10 N–H and O–H groups in total. The van der Waals surface area contributed by atoms with Gasteiger partial charge in [0.05, 0.1) is 0 Å². The van der Waals surface area contributed by atoms with Crippen molar-refractivity contribution in [2.45, 2.75) is 50.6 Å². The normalized spacial score (nSPS) is 13.0. The van der Waals surface area contributed by atoms with Gasteiger partial charge in [-0.25, -0.2) is 0 Å². The second-order valence-electron chi connectivity index (χ2n) is 4.53. The van der Waals surface area contributed by atoms with E-state index in [4.69, 9.17) is 32.6 Å². The zero-order chi connectivity index (χ0) is 16.7. The number of hydrogen-bond donors (Lipinski definition) is 7. The van der Waals surface area contributed by atoms with E-state index in [1.807, 2.05) is 0 Å². The molecule has 0 heterocycles. The molecule has 0 aromatic rings. The smallest absolute Gasteiger partial charge is 0.323 e. The molecule has 9 heteroatoms. The Hall–Kier alpha value is -1.26. The van der Waals surface area contributed by atoms with Crippen molar-refractivity contribution in [1.82, 2.24) is 5.48 Å². The van der Waals surface area contributed by atoms with Gasteiger partial charge in [-0.1, -0.05) is 6.42 Å². The number of carboxylic acids is 2. The summed E-state index contributed by atoms with van der Waals surface area (Å²) in [5.74, 6) is -1.97. The molecular weight excluding hydrogens is 280 g/mol. The summed E-state index contributed by atoms with van der Waals surface area (Å²) in [6, 6.07) is -1.58. The van der Waals surface area contributed by atoms with Crippen molar-refractivity contribution in [3.8, 4) is 0 Å². The molecule has 0 spiro atoms. The maximum Gasteiger partial charge on any atom is 0.323 e. The van der Waals surface area contributed by atoms with Gasteiger partial charge in [0.1, 0.15) is 12.1 Å². The predicted molar refractivity (Wildman–Crippen MR) is 77.8 cm³/mol. The van der Waals surface area contributed by atoms with Crippen molar-refractivity contribution < 1.29 is 25.0 Å². The fraction of sp³-hybridized carbons (Fsp3) is 0.833.